The molecule has 0 saturated heterocycles. The molecule has 0 bridgehead atoms. The SMILES string of the molecule is Cc1cc(S(c2ccccc2)(c2ccccc2)c2ccccc2)ccc1N1c2ccc(C(C)(C)C)cc2B2c3cc(C(C)(C)C)ccc3N(c3ccc(C(C)(C)C)cc3)c3cc(-c4ccccc4)cc1c32. The molecular formula is C67H65BN2S. The molecule has 2 aliphatic heterocycles. The predicted molar refractivity (Wildman–Crippen MR) is 307 cm³/mol. The molecule has 2 aliphatic rings. The summed E-state index contributed by atoms with van der Waals surface area (Å²) in [5, 5.41) is 0. The molecule has 4 heteroatoms. The molecule has 9 aromatic carbocycles. The molecule has 0 fully saturated rings. The van der Waals surface area contributed by atoms with Crippen molar-refractivity contribution in [2.24, 2.45) is 0 Å². The monoisotopic (exact) mass is 940 g/mol. The molecule has 0 amide bonds. The number of benzene rings is 9. The zero-order chi connectivity index (χ0) is 49.5. The lowest BCUT2D eigenvalue weighted by molar-refractivity contribution is 0.590. The van der Waals surface area contributed by atoms with Gasteiger partial charge >= 0.3 is 0 Å². The topological polar surface area (TPSA) is 6.48 Å². The van der Waals surface area contributed by atoms with E-state index in [-0.39, 0.29) is 23.0 Å². The molecule has 0 N–H and O–H groups in total. The number of hydrogen-bond donors (Lipinski definition) is 0. The molecule has 0 spiro atoms. The molecule has 71 heavy (non-hydrogen) atoms. The maximum atomic E-state index is 2.62. The molecule has 352 valence electrons. The van der Waals surface area contributed by atoms with Crippen molar-refractivity contribution in [3.05, 3.63) is 235 Å². The van der Waals surface area contributed by atoms with Gasteiger partial charge in [0.25, 0.3) is 6.71 Å². The van der Waals surface area contributed by atoms with Crippen LogP contribution in [0.5, 0.6) is 0 Å². The molecule has 0 aromatic heterocycles. The summed E-state index contributed by atoms with van der Waals surface area (Å²) in [5.74, 6) is 0. The van der Waals surface area contributed by atoms with Gasteiger partial charge in [0.1, 0.15) is 0 Å². The number of nitrogens with zero attached hydrogens (tertiary/aromatic N) is 2. The van der Waals surface area contributed by atoms with Crippen LogP contribution in [-0.4, -0.2) is 6.71 Å². The van der Waals surface area contributed by atoms with Crippen molar-refractivity contribution < 1.29 is 0 Å². The maximum absolute atomic E-state index is 2.62. The summed E-state index contributed by atoms with van der Waals surface area (Å²) in [6.45, 7) is 23.3. The lowest BCUT2D eigenvalue weighted by Gasteiger charge is -2.46. The summed E-state index contributed by atoms with van der Waals surface area (Å²) in [7, 11) is -1.90. The van der Waals surface area contributed by atoms with E-state index < -0.39 is 10.0 Å². The molecule has 11 rings (SSSR count). The number of fused-ring (bicyclic) bond motifs is 4. The highest BCUT2D eigenvalue weighted by atomic mass is 32.3. The smallest absolute Gasteiger partial charge is 0.252 e. The van der Waals surface area contributed by atoms with Gasteiger partial charge in [-0.15, -0.1) is 10.0 Å². The zero-order valence-corrected chi connectivity index (χ0v) is 43.9. The lowest BCUT2D eigenvalue weighted by atomic mass is 9.33. The first-order chi connectivity index (χ1) is 34.0. The van der Waals surface area contributed by atoms with Crippen molar-refractivity contribution in [2.45, 2.75) is 105 Å². The quantitative estimate of drug-likeness (QED) is 0.147. The van der Waals surface area contributed by atoms with Gasteiger partial charge in [0.2, 0.25) is 0 Å². The van der Waals surface area contributed by atoms with Crippen molar-refractivity contribution >= 4 is 67.3 Å². The van der Waals surface area contributed by atoms with Gasteiger partial charge in [-0.3, -0.25) is 0 Å². The third kappa shape index (κ3) is 7.92. The Labute approximate surface area is 425 Å². The summed E-state index contributed by atoms with van der Waals surface area (Å²) >= 11 is 0. The van der Waals surface area contributed by atoms with E-state index in [9.17, 15) is 0 Å². The first-order valence-corrected chi connectivity index (χ1v) is 27.0. The van der Waals surface area contributed by atoms with Crippen LogP contribution in [0.2, 0.25) is 0 Å². The van der Waals surface area contributed by atoms with Gasteiger partial charge in [0.15, 0.2) is 0 Å². The van der Waals surface area contributed by atoms with Crippen molar-refractivity contribution in [2.75, 3.05) is 9.80 Å². The van der Waals surface area contributed by atoms with Gasteiger partial charge in [0.05, 0.1) is 0 Å². The third-order valence-electron chi connectivity index (χ3n) is 14.9. The first-order valence-electron chi connectivity index (χ1n) is 25.4. The Morgan fingerprint density at radius 2 is 0.746 bits per heavy atom. The molecule has 0 aliphatic carbocycles. The van der Waals surface area contributed by atoms with Gasteiger partial charge in [0, 0.05) is 53.7 Å². The molecule has 0 radical (unpaired) electrons. The number of hydrogen-bond acceptors (Lipinski definition) is 2. The largest absolute Gasteiger partial charge is 0.311 e. The normalized spacial score (nSPS) is 13.6. The fourth-order valence-electron chi connectivity index (χ4n) is 11.1. The van der Waals surface area contributed by atoms with Crippen LogP contribution in [0.4, 0.5) is 34.1 Å². The maximum Gasteiger partial charge on any atom is 0.252 e. The van der Waals surface area contributed by atoms with E-state index in [2.05, 4.69) is 291 Å². The molecule has 0 unspecified atom stereocenters. The second-order valence-corrected chi connectivity index (χ2v) is 25.9. The van der Waals surface area contributed by atoms with Gasteiger partial charge < -0.3 is 9.80 Å². The van der Waals surface area contributed by atoms with Gasteiger partial charge in [-0.2, -0.15) is 0 Å². The van der Waals surface area contributed by atoms with Crippen LogP contribution in [0.15, 0.2) is 232 Å². The van der Waals surface area contributed by atoms with Gasteiger partial charge in [-0.05, 0) is 164 Å². The van der Waals surface area contributed by atoms with E-state index in [4.69, 9.17) is 0 Å². The highest BCUT2D eigenvalue weighted by Crippen LogP contribution is 2.73. The number of anilines is 6. The Morgan fingerprint density at radius 1 is 0.338 bits per heavy atom. The average molecular weight is 941 g/mol. The van der Waals surface area contributed by atoms with Gasteiger partial charge in [-0.1, -0.05) is 184 Å². The fourth-order valence-corrected chi connectivity index (χ4v) is 15.1. The van der Waals surface area contributed by atoms with Crippen molar-refractivity contribution in [1.29, 1.82) is 0 Å². The highest BCUT2D eigenvalue weighted by Gasteiger charge is 2.45. The minimum Gasteiger partial charge on any atom is -0.311 e. The summed E-state index contributed by atoms with van der Waals surface area (Å²) in [6, 6.07) is 81.0. The minimum absolute atomic E-state index is 0.00770. The van der Waals surface area contributed by atoms with Crippen LogP contribution in [-0.2, 0) is 16.2 Å². The fraction of sp³-hybridized carbons (Fsp3) is 0.194. The van der Waals surface area contributed by atoms with E-state index in [1.54, 1.807) is 0 Å². The Bertz CT molecular complexity index is 3320. The van der Waals surface area contributed by atoms with Crippen molar-refractivity contribution in [1.82, 2.24) is 0 Å². The Hall–Kier alpha value is -7.01. The van der Waals surface area contributed by atoms with E-state index in [0.717, 1.165) is 5.69 Å². The van der Waals surface area contributed by atoms with Crippen LogP contribution in [0.3, 0.4) is 0 Å². The Morgan fingerprint density at radius 3 is 1.20 bits per heavy atom. The van der Waals surface area contributed by atoms with Crippen LogP contribution >= 0.6 is 10.0 Å². The molecule has 2 nitrogen and oxygen atoms in total. The van der Waals surface area contributed by atoms with Crippen LogP contribution in [0.1, 0.15) is 84.6 Å². The second kappa shape index (κ2) is 17.4. The minimum atomic E-state index is -1.90. The van der Waals surface area contributed by atoms with E-state index in [1.165, 1.54) is 97.8 Å². The molecule has 0 saturated carbocycles. The van der Waals surface area contributed by atoms with Crippen LogP contribution in [0, 0.1) is 6.92 Å². The van der Waals surface area contributed by atoms with Crippen LogP contribution < -0.4 is 26.2 Å². The van der Waals surface area contributed by atoms with Crippen molar-refractivity contribution in [3.63, 3.8) is 0 Å². The van der Waals surface area contributed by atoms with Gasteiger partial charge in [-0.25, -0.2) is 0 Å². The number of rotatable bonds is 7. The predicted octanol–water partition coefficient (Wildman–Crippen LogP) is 17.0. The second-order valence-electron chi connectivity index (χ2n) is 22.7. The first kappa shape index (κ1) is 46.4. The van der Waals surface area contributed by atoms with E-state index in [0.29, 0.717) is 0 Å². The summed E-state index contributed by atoms with van der Waals surface area (Å²) < 4.78 is 0. The zero-order valence-electron chi connectivity index (χ0n) is 43.1. The summed E-state index contributed by atoms with van der Waals surface area (Å²) in [6.07, 6.45) is 0. The Balaban J connectivity index is 1.23. The lowest BCUT2D eigenvalue weighted by Crippen LogP contribution is -2.61. The van der Waals surface area contributed by atoms with E-state index >= 15 is 0 Å². The average Bonchev–Trinajstić information content (AvgIpc) is 3.37. The molecule has 9 aromatic rings. The summed E-state index contributed by atoms with van der Waals surface area (Å²) in [5.41, 5.74) is 18.8. The third-order valence-corrected chi connectivity index (χ3v) is 18.8. The van der Waals surface area contributed by atoms with Crippen LogP contribution in [0.25, 0.3) is 11.1 Å². The Kier molecular flexibility index (Phi) is 11.4. The number of aryl methyl sites for hydroxylation is 1. The molecule has 2 heterocycles. The standard InChI is InChI=1S/C67H65BN2S/c1-46-41-56(71(53-25-17-12-18-26-53,54-27-19-13-20-28-54)55-29-21-14-22-30-55)37-40-59(46)70-61-39-34-51(67(8,9)10)45-58(61)68-57-44-50(66(5,6)7)33-38-60(57)69(52-35-31-49(32-36-52)65(2,3)4)62-42-48(43-63(70)64(62)68)47-23-15-11-16-24-47/h11-45H,1-10H3. The molecular weight excluding hydrogens is 876 g/mol. The molecule has 0 atom stereocenters. The van der Waals surface area contributed by atoms with E-state index in [1.807, 2.05) is 0 Å². The summed E-state index contributed by atoms with van der Waals surface area (Å²) in [4.78, 5) is 10.5. The van der Waals surface area contributed by atoms with Crippen molar-refractivity contribution in [3.8, 4) is 11.1 Å². The highest BCUT2D eigenvalue weighted by molar-refractivity contribution is 8.34.